The Balaban J connectivity index is 1.96. The molecule has 0 unspecified atom stereocenters. The zero-order valence-electron chi connectivity index (χ0n) is 11.0. The summed E-state index contributed by atoms with van der Waals surface area (Å²) in [6.07, 6.45) is -0.271. The van der Waals surface area contributed by atoms with Gasteiger partial charge in [-0.1, -0.05) is 30.3 Å². The second kappa shape index (κ2) is 6.89. The van der Waals surface area contributed by atoms with Gasteiger partial charge in [0.25, 0.3) is 0 Å². The quantitative estimate of drug-likeness (QED) is 0.797. The van der Waals surface area contributed by atoms with E-state index in [9.17, 15) is 0 Å². The van der Waals surface area contributed by atoms with Crippen molar-refractivity contribution >= 4 is 26.7 Å². The van der Waals surface area contributed by atoms with Crippen molar-refractivity contribution in [3.63, 3.8) is 0 Å². The fraction of sp³-hybridized carbons (Fsp3) is 0.333. The van der Waals surface area contributed by atoms with Crippen LogP contribution in [0, 0.1) is 0 Å². The molecule has 0 amide bonds. The minimum absolute atomic E-state index is 0.271. The van der Waals surface area contributed by atoms with Gasteiger partial charge in [-0.25, -0.2) is 0 Å². The van der Waals surface area contributed by atoms with E-state index in [0.29, 0.717) is 13.2 Å². The number of halogens is 1. The Bertz CT molecular complexity index is 543. The standard InChI is InChI=1S/C15H18BrNO2/c1-11(18)10-17-8-9-19-14-7-6-12-4-2-3-5-13(12)15(14)16/h2-7,11,17-18H,8-10H2,1H3/p+1/t11-/m0/s1. The van der Waals surface area contributed by atoms with Crippen LogP contribution in [0.5, 0.6) is 5.75 Å². The highest BCUT2D eigenvalue weighted by Gasteiger charge is 2.06. The van der Waals surface area contributed by atoms with Crippen LogP contribution in [0.25, 0.3) is 10.8 Å². The first-order valence-electron chi connectivity index (χ1n) is 6.48. The molecule has 102 valence electrons. The fourth-order valence-corrected chi connectivity index (χ4v) is 2.54. The number of benzene rings is 2. The molecule has 0 aromatic heterocycles. The van der Waals surface area contributed by atoms with Crippen LogP contribution >= 0.6 is 15.9 Å². The lowest BCUT2D eigenvalue weighted by atomic mass is 10.1. The normalized spacial score (nSPS) is 12.6. The summed E-state index contributed by atoms with van der Waals surface area (Å²) in [6, 6.07) is 12.3. The molecule has 0 bridgehead atoms. The molecule has 0 fully saturated rings. The highest BCUT2D eigenvalue weighted by atomic mass is 79.9. The molecule has 3 nitrogen and oxygen atoms in total. The predicted octanol–water partition coefficient (Wildman–Crippen LogP) is 1.93. The summed E-state index contributed by atoms with van der Waals surface area (Å²) in [5.74, 6) is 0.865. The molecule has 3 N–H and O–H groups in total. The summed E-state index contributed by atoms with van der Waals surface area (Å²) < 4.78 is 6.77. The van der Waals surface area contributed by atoms with Crippen molar-refractivity contribution in [2.24, 2.45) is 0 Å². The second-order valence-electron chi connectivity index (χ2n) is 4.61. The lowest BCUT2D eigenvalue weighted by Gasteiger charge is -2.10. The first-order chi connectivity index (χ1) is 9.18. The maximum absolute atomic E-state index is 9.15. The number of quaternary nitrogens is 1. The number of nitrogens with two attached hydrogens (primary N) is 1. The number of ether oxygens (including phenoxy) is 1. The zero-order valence-corrected chi connectivity index (χ0v) is 12.6. The number of fused-ring (bicyclic) bond motifs is 1. The molecule has 2 rings (SSSR count). The van der Waals surface area contributed by atoms with Crippen LogP contribution in [0.2, 0.25) is 0 Å². The van der Waals surface area contributed by atoms with Gasteiger partial charge in [0.2, 0.25) is 0 Å². The minimum atomic E-state index is -0.271. The summed E-state index contributed by atoms with van der Waals surface area (Å²) >= 11 is 3.60. The predicted molar refractivity (Wildman–Crippen MR) is 80.5 cm³/mol. The van der Waals surface area contributed by atoms with Crippen molar-refractivity contribution in [3.05, 3.63) is 40.9 Å². The van der Waals surface area contributed by atoms with Gasteiger partial charge in [0.1, 0.15) is 25.4 Å². The summed E-state index contributed by atoms with van der Waals surface area (Å²) in [4.78, 5) is 0. The Morgan fingerprint density at radius 2 is 2.05 bits per heavy atom. The highest BCUT2D eigenvalue weighted by molar-refractivity contribution is 9.10. The van der Waals surface area contributed by atoms with Crippen LogP contribution in [0.1, 0.15) is 6.92 Å². The molecule has 2 aromatic carbocycles. The van der Waals surface area contributed by atoms with Crippen LogP contribution in [0.3, 0.4) is 0 Å². The van der Waals surface area contributed by atoms with E-state index in [1.54, 1.807) is 6.92 Å². The molecule has 2 aromatic rings. The van der Waals surface area contributed by atoms with E-state index in [1.165, 1.54) is 5.39 Å². The van der Waals surface area contributed by atoms with E-state index < -0.39 is 0 Å². The molecule has 0 saturated heterocycles. The van der Waals surface area contributed by atoms with Gasteiger partial charge in [0.15, 0.2) is 0 Å². The molecule has 0 heterocycles. The molecule has 0 aliphatic carbocycles. The maximum Gasteiger partial charge on any atom is 0.137 e. The molecule has 0 saturated carbocycles. The van der Waals surface area contributed by atoms with E-state index in [-0.39, 0.29) is 6.10 Å². The van der Waals surface area contributed by atoms with Crippen molar-refractivity contribution in [2.45, 2.75) is 13.0 Å². The Morgan fingerprint density at radius 1 is 1.26 bits per heavy atom. The van der Waals surface area contributed by atoms with Gasteiger partial charge in [0.05, 0.1) is 10.6 Å². The first kappa shape index (κ1) is 14.3. The van der Waals surface area contributed by atoms with Gasteiger partial charge in [-0.15, -0.1) is 0 Å². The van der Waals surface area contributed by atoms with Gasteiger partial charge in [0, 0.05) is 0 Å². The van der Waals surface area contributed by atoms with E-state index in [1.807, 2.05) is 18.2 Å². The molecule has 0 radical (unpaired) electrons. The maximum atomic E-state index is 9.15. The topological polar surface area (TPSA) is 46.1 Å². The molecule has 1 atom stereocenters. The van der Waals surface area contributed by atoms with E-state index in [0.717, 1.165) is 22.2 Å². The number of hydrogen-bond donors (Lipinski definition) is 2. The number of rotatable bonds is 6. The van der Waals surface area contributed by atoms with Crippen LogP contribution in [-0.4, -0.2) is 30.9 Å². The van der Waals surface area contributed by atoms with Crippen LogP contribution in [0.4, 0.5) is 0 Å². The summed E-state index contributed by atoms with van der Waals surface area (Å²) in [5, 5.41) is 13.6. The van der Waals surface area contributed by atoms with E-state index in [4.69, 9.17) is 9.84 Å². The second-order valence-corrected chi connectivity index (χ2v) is 5.40. The van der Waals surface area contributed by atoms with Gasteiger partial charge >= 0.3 is 0 Å². The molecular formula is C15H19BrNO2+. The molecule has 19 heavy (non-hydrogen) atoms. The SMILES string of the molecule is C[C@H](O)C[NH2+]CCOc1ccc2ccccc2c1Br. The number of aliphatic hydroxyl groups excluding tert-OH is 1. The molecule has 0 spiro atoms. The van der Waals surface area contributed by atoms with Crippen molar-refractivity contribution in [2.75, 3.05) is 19.7 Å². The van der Waals surface area contributed by atoms with Crippen molar-refractivity contribution in [3.8, 4) is 5.75 Å². The molecule has 4 heteroatoms. The molecule has 0 aliphatic rings. The van der Waals surface area contributed by atoms with Crippen molar-refractivity contribution in [1.29, 1.82) is 0 Å². The van der Waals surface area contributed by atoms with Crippen LogP contribution in [-0.2, 0) is 0 Å². The average Bonchev–Trinajstić information content (AvgIpc) is 2.41. The minimum Gasteiger partial charge on any atom is -0.487 e. The number of hydrogen-bond acceptors (Lipinski definition) is 2. The Hall–Kier alpha value is -1.10. The van der Waals surface area contributed by atoms with Gasteiger partial charge < -0.3 is 15.2 Å². The van der Waals surface area contributed by atoms with Crippen molar-refractivity contribution < 1.29 is 15.2 Å². The third-order valence-corrected chi connectivity index (χ3v) is 3.73. The molecular weight excluding hydrogens is 306 g/mol. The average molecular weight is 325 g/mol. The Kier molecular flexibility index (Phi) is 5.19. The van der Waals surface area contributed by atoms with Gasteiger partial charge in [-0.3, -0.25) is 0 Å². The number of aliphatic hydroxyl groups is 1. The summed E-state index contributed by atoms with van der Waals surface area (Å²) in [7, 11) is 0. The van der Waals surface area contributed by atoms with E-state index >= 15 is 0 Å². The third kappa shape index (κ3) is 3.93. The largest absolute Gasteiger partial charge is 0.487 e. The van der Waals surface area contributed by atoms with Gasteiger partial charge in [-0.2, -0.15) is 0 Å². The highest BCUT2D eigenvalue weighted by Crippen LogP contribution is 2.32. The fourth-order valence-electron chi connectivity index (χ4n) is 1.94. The summed E-state index contributed by atoms with van der Waals surface area (Å²) in [5.41, 5.74) is 0. The smallest absolute Gasteiger partial charge is 0.137 e. The van der Waals surface area contributed by atoms with Crippen LogP contribution in [0.15, 0.2) is 40.9 Å². The lowest BCUT2D eigenvalue weighted by Crippen LogP contribution is -2.87. The van der Waals surface area contributed by atoms with Gasteiger partial charge in [-0.05, 0) is 39.7 Å². The first-order valence-corrected chi connectivity index (χ1v) is 7.27. The van der Waals surface area contributed by atoms with Crippen LogP contribution < -0.4 is 10.1 Å². The lowest BCUT2D eigenvalue weighted by molar-refractivity contribution is -0.661. The zero-order chi connectivity index (χ0) is 13.7. The molecule has 0 aliphatic heterocycles. The Morgan fingerprint density at radius 3 is 2.84 bits per heavy atom. The monoisotopic (exact) mass is 324 g/mol. The Labute approximate surface area is 121 Å². The van der Waals surface area contributed by atoms with Crippen molar-refractivity contribution in [1.82, 2.24) is 0 Å². The third-order valence-electron chi connectivity index (χ3n) is 2.92. The van der Waals surface area contributed by atoms with E-state index in [2.05, 4.69) is 39.4 Å². The summed E-state index contributed by atoms with van der Waals surface area (Å²) in [6.45, 7) is 3.97.